The van der Waals surface area contributed by atoms with Crippen LogP contribution in [0.1, 0.15) is 58.4 Å². The van der Waals surface area contributed by atoms with E-state index in [-0.39, 0.29) is 12.2 Å². The van der Waals surface area contributed by atoms with Crippen LogP contribution in [-0.4, -0.2) is 30.3 Å². The van der Waals surface area contributed by atoms with E-state index in [0.29, 0.717) is 0 Å². The topological polar surface area (TPSA) is 18.5 Å². The molecule has 5 rings (SSSR count). The molecule has 4 aromatic rings. The number of rotatable bonds is 8. The molecule has 0 amide bonds. The largest absolute Gasteiger partial charge is 0.344 e. The highest BCUT2D eigenvalue weighted by molar-refractivity contribution is 7.73. The minimum absolute atomic E-state index is 0.00408. The van der Waals surface area contributed by atoms with Crippen LogP contribution in [0, 0.1) is 55.4 Å². The molecule has 4 aromatic carbocycles. The zero-order valence-electron chi connectivity index (χ0n) is 27.7. The minimum Gasteiger partial charge on any atom is -0.344 e. The highest BCUT2D eigenvalue weighted by Crippen LogP contribution is 2.45. The van der Waals surface area contributed by atoms with E-state index in [1.165, 1.54) is 65.7 Å². The van der Waals surface area contributed by atoms with Crippen molar-refractivity contribution in [2.24, 2.45) is 0 Å². The van der Waals surface area contributed by atoms with Crippen molar-refractivity contribution in [1.29, 1.82) is 0 Å². The van der Waals surface area contributed by atoms with E-state index in [9.17, 15) is 0 Å². The first-order valence-corrected chi connectivity index (χ1v) is 18.5. The Hall–Kier alpha value is -2.34. The lowest BCUT2D eigenvalue weighted by molar-refractivity contribution is -0.142. The van der Waals surface area contributed by atoms with Gasteiger partial charge < -0.3 is 9.47 Å². The summed E-state index contributed by atoms with van der Waals surface area (Å²) in [5.41, 5.74) is 10.6. The molecule has 0 radical (unpaired) electrons. The molecule has 0 N–H and O–H groups in total. The molecule has 1 unspecified atom stereocenters. The molecule has 2 nitrogen and oxygen atoms in total. The van der Waals surface area contributed by atoms with Gasteiger partial charge in [0.25, 0.3) is 0 Å². The average molecular weight is 611 g/mol. The second kappa shape index (κ2) is 12.9. The van der Waals surface area contributed by atoms with E-state index in [1.54, 1.807) is 0 Å². The number of hydrogen-bond donors (Lipinski definition) is 0. The standard InChI is InChI=1S/C39H48O2P2/c1-25-11-12-38(32(8)16-25)43(35-21-30(6)15-31(7)22-35)24-37-36(40-39(9,10)41-37)23-42(33-17-26(2)13-27(3)18-33)34-19-28(4)14-29(5)20-34/h11-22,36-37H,23-24H2,1-10H3/t36-,37-,43?/m0/s1. The van der Waals surface area contributed by atoms with Gasteiger partial charge in [0.2, 0.25) is 0 Å². The molecule has 1 aliphatic rings. The molecule has 0 spiro atoms. The first kappa shape index (κ1) is 32.1. The van der Waals surface area contributed by atoms with Crippen LogP contribution >= 0.6 is 15.8 Å². The zero-order valence-corrected chi connectivity index (χ0v) is 29.5. The van der Waals surface area contributed by atoms with Crippen molar-refractivity contribution < 1.29 is 9.47 Å². The third-order valence-corrected chi connectivity index (χ3v) is 13.4. The van der Waals surface area contributed by atoms with Gasteiger partial charge in [0, 0.05) is 12.3 Å². The van der Waals surface area contributed by atoms with Crippen molar-refractivity contribution in [1.82, 2.24) is 0 Å². The summed E-state index contributed by atoms with van der Waals surface area (Å²) < 4.78 is 13.7. The molecule has 0 aliphatic carbocycles. The van der Waals surface area contributed by atoms with Crippen LogP contribution in [0.5, 0.6) is 0 Å². The number of aryl methyl sites for hydroxylation is 8. The molecular weight excluding hydrogens is 562 g/mol. The lowest BCUT2D eigenvalue weighted by atomic mass is 10.2. The average Bonchev–Trinajstić information content (AvgIpc) is 3.17. The fourth-order valence-corrected chi connectivity index (χ4v) is 12.4. The Morgan fingerprint density at radius 1 is 0.488 bits per heavy atom. The number of ether oxygens (including phenoxy) is 2. The van der Waals surface area contributed by atoms with Crippen molar-refractivity contribution in [2.45, 2.75) is 87.2 Å². The lowest BCUT2D eigenvalue weighted by Gasteiger charge is -2.29. The summed E-state index contributed by atoms with van der Waals surface area (Å²) in [5.74, 6) is -0.618. The highest BCUT2D eigenvalue weighted by atomic mass is 31.1. The van der Waals surface area contributed by atoms with Crippen molar-refractivity contribution in [3.05, 3.63) is 117 Å². The van der Waals surface area contributed by atoms with Gasteiger partial charge in [-0.05, 0) is 112 Å². The Bertz CT molecular complexity index is 1510. The van der Waals surface area contributed by atoms with Gasteiger partial charge in [0.15, 0.2) is 5.79 Å². The van der Waals surface area contributed by atoms with Crippen molar-refractivity contribution in [3.8, 4) is 0 Å². The van der Waals surface area contributed by atoms with Gasteiger partial charge in [0.05, 0.1) is 12.2 Å². The van der Waals surface area contributed by atoms with E-state index < -0.39 is 21.6 Å². The molecular formula is C39H48O2P2. The second-order valence-corrected chi connectivity index (χ2v) is 17.7. The molecule has 4 heteroatoms. The fourth-order valence-electron chi connectivity index (χ4n) is 6.71. The molecule has 226 valence electrons. The molecule has 43 heavy (non-hydrogen) atoms. The van der Waals surface area contributed by atoms with Gasteiger partial charge in [-0.15, -0.1) is 0 Å². The zero-order chi connectivity index (χ0) is 31.1. The number of benzene rings is 4. The van der Waals surface area contributed by atoms with E-state index in [4.69, 9.17) is 9.47 Å². The molecule has 0 aromatic heterocycles. The maximum absolute atomic E-state index is 6.83. The van der Waals surface area contributed by atoms with Crippen LogP contribution in [0.3, 0.4) is 0 Å². The molecule has 3 atom stereocenters. The summed E-state index contributed by atoms with van der Waals surface area (Å²) in [7, 11) is -1.29. The van der Waals surface area contributed by atoms with E-state index in [1.807, 2.05) is 0 Å². The van der Waals surface area contributed by atoms with Gasteiger partial charge in [-0.1, -0.05) is 112 Å². The predicted octanol–water partition coefficient (Wildman–Crippen LogP) is 8.24. The highest BCUT2D eigenvalue weighted by Gasteiger charge is 2.44. The Labute approximate surface area is 262 Å². The smallest absolute Gasteiger partial charge is 0.163 e. The van der Waals surface area contributed by atoms with Gasteiger partial charge in [-0.25, -0.2) is 0 Å². The number of hydrogen-bond acceptors (Lipinski definition) is 2. The first-order chi connectivity index (χ1) is 20.3. The summed E-state index contributed by atoms with van der Waals surface area (Å²) in [4.78, 5) is 0. The Kier molecular flexibility index (Phi) is 9.66. The van der Waals surface area contributed by atoms with Crippen LogP contribution in [0.15, 0.2) is 72.8 Å². The van der Waals surface area contributed by atoms with E-state index in [2.05, 4.69) is 142 Å². The fraction of sp³-hybridized carbons (Fsp3) is 0.385. The predicted molar refractivity (Wildman–Crippen MR) is 190 cm³/mol. The van der Waals surface area contributed by atoms with Gasteiger partial charge in [-0.2, -0.15) is 0 Å². The van der Waals surface area contributed by atoms with Crippen LogP contribution < -0.4 is 21.2 Å². The molecule has 0 bridgehead atoms. The third kappa shape index (κ3) is 7.85. The van der Waals surface area contributed by atoms with Crippen LogP contribution in [0.4, 0.5) is 0 Å². The molecule has 1 saturated heterocycles. The SMILES string of the molecule is Cc1cc(C)cc(P(C[C@@H]2OC(C)(C)O[C@H]2CP(c2cc(C)cc(C)c2)c2ccc(C)cc2C)c2cc(C)cc(C)c2)c1. The Morgan fingerprint density at radius 3 is 1.26 bits per heavy atom. The van der Waals surface area contributed by atoms with Gasteiger partial charge >= 0.3 is 0 Å². The van der Waals surface area contributed by atoms with Crippen molar-refractivity contribution in [2.75, 3.05) is 12.3 Å². The van der Waals surface area contributed by atoms with Crippen LogP contribution in [0.25, 0.3) is 0 Å². The van der Waals surface area contributed by atoms with Gasteiger partial charge in [-0.3, -0.25) is 0 Å². The quantitative estimate of drug-likeness (QED) is 0.187. The second-order valence-electron chi connectivity index (χ2n) is 13.3. The summed E-state index contributed by atoms with van der Waals surface area (Å²) in [6, 6.07) is 28.2. The first-order valence-electron chi connectivity index (χ1n) is 15.5. The lowest BCUT2D eigenvalue weighted by Crippen LogP contribution is -2.34. The summed E-state index contributed by atoms with van der Waals surface area (Å²) in [6.07, 6.45) is 1.89. The monoisotopic (exact) mass is 610 g/mol. The van der Waals surface area contributed by atoms with E-state index in [0.717, 1.165) is 12.3 Å². The van der Waals surface area contributed by atoms with Crippen molar-refractivity contribution >= 4 is 37.1 Å². The minimum atomic E-state index is -0.647. The summed E-state index contributed by atoms with van der Waals surface area (Å²) >= 11 is 0. The maximum Gasteiger partial charge on any atom is 0.163 e. The molecule has 0 saturated carbocycles. The van der Waals surface area contributed by atoms with Crippen LogP contribution in [0.2, 0.25) is 0 Å². The summed E-state index contributed by atoms with van der Waals surface area (Å²) in [5, 5.41) is 5.73. The Morgan fingerprint density at radius 2 is 0.860 bits per heavy atom. The van der Waals surface area contributed by atoms with Crippen molar-refractivity contribution in [3.63, 3.8) is 0 Å². The van der Waals surface area contributed by atoms with Crippen LogP contribution in [-0.2, 0) is 9.47 Å². The molecule has 1 aliphatic heterocycles. The molecule has 1 heterocycles. The maximum atomic E-state index is 6.83. The molecule has 1 fully saturated rings. The Balaban J connectivity index is 1.56. The van der Waals surface area contributed by atoms with E-state index >= 15 is 0 Å². The third-order valence-electron chi connectivity index (χ3n) is 8.21. The summed E-state index contributed by atoms with van der Waals surface area (Å²) in [6.45, 7) is 21.9. The normalized spacial score (nSPS) is 18.8. The van der Waals surface area contributed by atoms with Gasteiger partial charge in [0.1, 0.15) is 0 Å².